The van der Waals surface area contributed by atoms with E-state index in [1.165, 1.54) is 17.8 Å². The van der Waals surface area contributed by atoms with Crippen molar-refractivity contribution in [2.75, 3.05) is 12.8 Å². The second-order valence-corrected chi connectivity index (χ2v) is 5.85. The summed E-state index contributed by atoms with van der Waals surface area (Å²) < 4.78 is 5.08. The number of carboxylic acid groups (broad SMARTS) is 1. The molecule has 2 aromatic heterocycles. The van der Waals surface area contributed by atoms with Gasteiger partial charge in [-0.3, -0.25) is 4.79 Å². The average molecular weight is 311 g/mol. The van der Waals surface area contributed by atoms with Crippen LogP contribution in [-0.2, 0) is 11.3 Å². The molecule has 0 unspecified atom stereocenters. The summed E-state index contributed by atoms with van der Waals surface area (Å²) in [5.41, 5.74) is 1.10. The summed E-state index contributed by atoms with van der Waals surface area (Å²) in [6.45, 7) is 0.571. The van der Waals surface area contributed by atoms with Gasteiger partial charge >= 0.3 is 5.97 Å². The van der Waals surface area contributed by atoms with Crippen LogP contribution in [0.4, 0.5) is 0 Å². The molecule has 0 saturated heterocycles. The number of furan rings is 1. The van der Waals surface area contributed by atoms with Crippen molar-refractivity contribution >= 4 is 35.0 Å². The highest BCUT2D eigenvalue weighted by molar-refractivity contribution is 7.99. The molecule has 0 radical (unpaired) electrons. The van der Waals surface area contributed by atoms with E-state index in [9.17, 15) is 9.59 Å². The number of hydrogen-bond donors (Lipinski definition) is 1. The first-order chi connectivity index (χ1) is 9.56. The van der Waals surface area contributed by atoms with Crippen LogP contribution in [0, 0.1) is 0 Å². The molecule has 106 valence electrons. The lowest BCUT2D eigenvalue weighted by Gasteiger charge is -2.15. The molecule has 0 aromatic carbocycles. The van der Waals surface area contributed by atoms with Gasteiger partial charge in [-0.25, -0.2) is 4.79 Å². The lowest BCUT2D eigenvalue weighted by molar-refractivity contribution is -0.127. The molecule has 1 amide bonds. The van der Waals surface area contributed by atoms with Crippen LogP contribution < -0.4 is 0 Å². The summed E-state index contributed by atoms with van der Waals surface area (Å²) in [5.74, 6) is -1.05. The monoisotopic (exact) mass is 311 g/mol. The van der Waals surface area contributed by atoms with Crippen molar-refractivity contribution < 1.29 is 19.1 Å². The fourth-order valence-electron chi connectivity index (χ4n) is 1.50. The van der Waals surface area contributed by atoms with E-state index in [-0.39, 0.29) is 17.4 Å². The van der Waals surface area contributed by atoms with Crippen molar-refractivity contribution in [3.8, 4) is 0 Å². The predicted octanol–water partition coefficient (Wildman–Crippen LogP) is 2.79. The number of amides is 1. The minimum atomic E-state index is -1.11. The van der Waals surface area contributed by atoms with Crippen LogP contribution >= 0.6 is 23.1 Å². The lowest BCUT2D eigenvalue weighted by atomic mass is 10.3. The Morgan fingerprint density at radius 1 is 1.40 bits per heavy atom. The van der Waals surface area contributed by atoms with Gasteiger partial charge in [0.2, 0.25) is 11.7 Å². The van der Waals surface area contributed by atoms with Crippen LogP contribution in [0.3, 0.4) is 0 Å². The van der Waals surface area contributed by atoms with E-state index in [2.05, 4.69) is 0 Å². The maximum Gasteiger partial charge on any atom is 0.371 e. The molecular weight excluding hydrogens is 298 g/mol. The van der Waals surface area contributed by atoms with Gasteiger partial charge in [-0.2, -0.15) is 11.3 Å². The first kappa shape index (κ1) is 14.7. The van der Waals surface area contributed by atoms with Crippen molar-refractivity contribution in [1.82, 2.24) is 4.90 Å². The van der Waals surface area contributed by atoms with Gasteiger partial charge in [0.15, 0.2) is 5.09 Å². The number of thioether (sulfide) groups is 1. The summed E-state index contributed by atoms with van der Waals surface area (Å²) in [4.78, 5) is 24.2. The third-order valence-electron chi connectivity index (χ3n) is 2.56. The largest absolute Gasteiger partial charge is 0.475 e. The molecule has 2 rings (SSSR count). The minimum Gasteiger partial charge on any atom is -0.475 e. The summed E-state index contributed by atoms with van der Waals surface area (Å²) in [7, 11) is 1.74. The van der Waals surface area contributed by atoms with Crippen molar-refractivity contribution in [3.05, 3.63) is 40.3 Å². The van der Waals surface area contributed by atoms with Gasteiger partial charge in [-0.15, -0.1) is 0 Å². The summed E-state index contributed by atoms with van der Waals surface area (Å²) >= 11 is 2.78. The molecule has 0 saturated carbocycles. The van der Waals surface area contributed by atoms with Crippen LogP contribution in [0.15, 0.2) is 38.5 Å². The van der Waals surface area contributed by atoms with E-state index < -0.39 is 5.97 Å². The predicted molar refractivity (Wildman–Crippen MR) is 77.2 cm³/mol. The number of aromatic carboxylic acids is 1. The topological polar surface area (TPSA) is 70.8 Å². The Labute approximate surface area is 124 Å². The number of rotatable bonds is 6. The zero-order valence-electron chi connectivity index (χ0n) is 10.7. The number of thiophene rings is 1. The Hall–Kier alpha value is -1.73. The van der Waals surface area contributed by atoms with Crippen LogP contribution in [0.25, 0.3) is 0 Å². The molecule has 7 heteroatoms. The molecule has 0 aliphatic carbocycles. The molecule has 1 N–H and O–H groups in total. The Bertz CT molecular complexity index is 591. The first-order valence-electron chi connectivity index (χ1n) is 5.77. The van der Waals surface area contributed by atoms with Crippen molar-refractivity contribution in [1.29, 1.82) is 0 Å². The number of nitrogens with zero attached hydrogens (tertiary/aromatic N) is 1. The van der Waals surface area contributed by atoms with Gasteiger partial charge in [-0.05, 0) is 34.5 Å². The third-order valence-corrected chi connectivity index (χ3v) is 4.18. The molecule has 2 aromatic rings. The number of carbonyl (C=O) groups is 2. The lowest BCUT2D eigenvalue weighted by Crippen LogP contribution is -2.27. The molecular formula is C13H13NO4S2. The second kappa shape index (κ2) is 6.62. The molecule has 0 fully saturated rings. The van der Waals surface area contributed by atoms with Gasteiger partial charge in [0.1, 0.15) is 0 Å². The average Bonchev–Trinajstić information content (AvgIpc) is 3.06. The van der Waals surface area contributed by atoms with E-state index in [1.807, 2.05) is 16.8 Å². The van der Waals surface area contributed by atoms with E-state index in [4.69, 9.17) is 9.52 Å². The zero-order valence-corrected chi connectivity index (χ0v) is 12.4. The number of hydrogen-bond acceptors (Lipinski definition) is 5. The Morgan fingerprint density at radius 2 is 2.20 bits per heavy atom. The fourth-order valence-corrected chi connectivity index (χ4v) is 2.96. The van der Waals surface area contributed by atoms with E-state index >= 15 is 0 Å². The number of carboxylic acids is 1. The van der Waals surface area contributed by atoms with Gasteiger partial charge in [0.05, 0.1) is 5.75 Å². The van der Waals surface area contributed by atoms with Crippen LogP contribution in [0.1, 0.15) is 16.1 Å². The highest BCUT2D eigenvalue weighted by atomic mass is 32.2. The minimum absolute atomic E-state index is 0.0329. The first-order valence-corrected chi connectivity index (χ1v) is 7.70. The fraction of sp³-hybridized carbons (Fsp3) is 0.231. The van der Waals surface area contributed by atoms with E-state index in [0.717, 1.165) is 5.56 Å². The standard InChI is InChI=1S/C13H13NO4S2/c1-14(6-9-4-5-19-7-9)11(15)8-20-12-3-2-10(18-12)13(16)17/h2-5,7H,6,8H2,1H3,(H,16,17). The maximum atomic E-state index is 11.9. The van der Waals surface area contributed by atoms with E-state index in [0.29, 0.717) is 11.6 Å². The van der Waals surface area contributed by atoms with Crippen LogP contribution in [-0.4, -0.2) is 34.7 Å². The summed E-state index contributed by atoms with van der Waals surface area (Å²) in [5, 5.41) is 13.1. The second-order valence-electron chi connectivity index (χ2n) is 4.09. The van der Waals surface area contributed by atoms with Gasteiger partial charge in [-0.1, -0.05) is 11.8 Å². The summed E-state index contributed by atoms with van der Waals surface area (Å²) in [6.07, 6.45) is 0. The SMILES string of the molecule is CN(Cc1ccsc1)C(=O)CSc1ccc(C(=O)O)o1. The van der Waals surface area contributed by atoms with E-state index in [1.54, 1.807) is 29.4 Å². The Balaban J connectivity index is 1.83. The molecule has 0 spiro atoms. The van der Waals surface area contributed by atoms with Crippen molar-refractivity contribution in [2.45, 2.75) is 11.6 Å². The van der Waals surface area contributed by atoms with Crippen LogP contribution in [0.2, 0.25) is 0 Å². The molecule has 0 bridgehead atoms. The normalized spacial score (nSPS) is 10.4. The number of carbonyl (C=O) groups excluding carboxylic acids is 1. The van der Waals surface area contributed by atoms with Crippen molar-refractivity contribution in [2.24, 2.45) is 0 Å². The highest BCUT2D eigenvalue weighted by Gasteiger charge is 2.13. The van der Waals surface area contributed by atoms with Gasteiger partial charge in [0, 0.05) is 13.6 Å². The van der Waals surface area contributed by atoms with Crippen molar-refractivity contribution in [3.63, 3.8) is 0 Å². The molecule has 20 heavy (non-hydrogen) atoms. The van der Waals surface area contributed by atoms with Crippen LogP contribution in [0.5, 0.6) is 0 Å². The Kier molecular flexibility index (Phi) is 4.86. The smallest absolute Gasteiger partial charge is 0.371 e. The quantitative estimate of drug-likeness (QED) is 0.831. The maximum absolute atomic E-state index is 11.9. The molecule has 0 aliphatic heterocycles. The Morgan fingerprint density at radius 3 is 2.80 bits per heavy atom. The highest BCUT2D eigenvalue weighted by Crippen LogP contribution is 2.21. The molecule has 0 aliphatic rings. The van der Waals surface area contributed by atoms with Gasteiger partial charge in [0.25, 0.3) is 0 Å². The summed E-state index contributed by atoms with van der Waals surface area (Å²) in [6, 6.07) is 4.91. The zero-order chi connectivity index (χ0) is 14.5. The molecule has 5 nitrogen and oxygen atoms in total. The van der Waals surface area contributed by atoms with Gasteiger partial charge < -0.3 is 14.4 Å². The molecule has 2 heterocycles. The molecule has 0 atom stereocenters. The third kappa shape index (κ3) is 3.88.